The van der Waals surface area contributed by atoms with Crippen molar-refractivity contribution in [2.45, 2.75) is 18.4 Å². The van der Waals surface area contributed by atoms with Crippen LogP contribution in [0.2, 0.25) is 0 Å². The second-order valence-electron chi connectivity index (χ2n) is 6.24. The Morgan fingerprint density at radius 2 is 1.96 bits per heavy atom. The molecule has 0 aromatic heterocycles. The molecule has 0 spiro atoms. The first-order valence-electron chi connectivity index (χ1n) is 9.07. The highest BCUT2D eigenvalue weighted by atomic mass is 32.2. The van der Waals surface area contributed by atoms with E-state index in [2.05, 4.69) is 51.0 Å². The van der Waals surface area contributed by atoms with Gasteiger partial charge in [-0.25, -0.2) is 0 Å². The predicted molar refractivity (Wildman–Crippen MR) is 117 cm³/mol. The van der Waals surface area contributed by atoms with Gasteiger partial charge in [-0.2, -0.15) is 0 Å². The molecule has 0 aliphatic carbocycles. The molecule has 2 aromatic rings. The quantitative estimate of drug-likeness (QED) is 0.307. The Morgan fingerprint density at radius 3 is 2.61 bits per heavy atom. The molecule has 7 heteroatoms. The molecule has 0 heterocycles. The molecule has 150 valence electrons. The number of amides is 1. The topological polar surface area (TPSA) is 66.0 Å². The van der Waals surface area contributed by atoms with Gasteiger partial charge in [0, 0.05) is 44.2 Å². The van der Waals surface area contributed by atoms with Crippen molar-refractivity contribution in [2.24, 2.45) is 4.99 Å². The van der Waals surface area contributed by atoms with Crippen molar-refractivity contribution in [3.8, 4) is 5.75 Å². The summed E-state index contributed by atoms with van der Waals surface area (Å²) in [6.45, 7) is 3.36. The van der Waals surface area contributed by atoms with Gasteiger partial charge >= 0.3 is 0 Å². The third-order valence-electron chi connectivity index (χ3n) is 3.96. The molecule has 0 fully saturated rings. The van der Waals surface area contributed by atoms with Crippen LogP contribution in [0.15, 0.2) is 58.4 Å². The zero-order chi connectivity index (χ0) is 20.4. The van der Waals surface area contributed by atoms with E-state index in [0.29, 0.717) is 18.9 Å². The molecule has 2 N–H and O–H groups in total. The second-order valence-corrected chi connectivity index (χ2v) is 7.12. The number of carbonyl (C=O) groups excluding carboxylic acids is 1. The molecular formula is C21H28N4O2S. The van der Waals surface area contributed by atoms with Crippen molar-refractivity contribution in [1.29, 1.82) is 0 Å². The van der Waals surface area contributed by atoms with E-state index >= 15 is 0 Å². The van der Waals surface area contributed by atoms with E-state index in [9.17, 15) is 4.79 Å². The zero-order valence-corrected chi connectivity index (χ0v) is 17.7. The summed E-state index contributed by atoms with van der Waals surface area (Å²) in [6, 6.07) is 15.9. The first-order chi connectivity index (χ1) is 13.5. The van der Waals surface area contributed by atoms with E-state index in [0.717, 1.165) is 18.2 Å². The highest BCUT2D eigenvalue weighted by Gasteiger charge is 2.07. The molecule has 0 atom stereocenters. The lowest BCUT2D eigenvalue weighted by molar-refractivity contribution is -0.114. The summed E-state index contributed by atoms with van der Waals surface area (Å²) in [7, 11) is 3.78. The highest BCUT2D eigenvalue weighted by molar-refractivity contribution is 7.98. The Balaban J connectivity index is 1.79. The van der Waals surface area contributed by atoms with Crippen LogP contribution in [0.25, 0.3) is 0 Å². The minimum Gasteiger partial charge on any atom is -0.492 e. The third-order valence-corrected chi connectivity index (χ3v) is 4.70. The summed E-state index contributed by atoms with van der Waals surface area (Å²) in [5.74, 6) is 1.42. The molecule has 2 rings (SSSR count). The number of anilines is 1. The molecule has 0 radical (unpaired) electrons. The Labute approximate surface area is 171 Å². The third kappa shape index (κ3) is 7.15. The predicted octanol–water partition coefficient (Wildman–Crippen LogP) is 3.45. The van der Waals surface area contributed by atoms with Crippen molar-refractivity contribution in [1.82, 2.24) is 10.2 Å². The molecule has 0 saturated carbocycles. The summed E-state index contributed by atoms with van der Waals surface area (Å²) in [4.78, 5) is 18.8. The molecule has 0 aliphatic heterocycles. The van der Waals surface area contributed by atoms with Gasteiger partial charge in [-0.15, -0.1) is 11.8 Å². The number of hydrogen-bond donors (Lipinski definition) is 2. The van der Waals surface area contributed by atoms with Gasteiger partial charge < -0.3 is 20.3 Å². The number of nitrogens with zero attached hydrogens (tertiary/aromatic N) is 2. The van der Waals surface area contributed by atoms with Gasteiger partial charge in [0.15, 0.2) is 5.96 Å². The number of ether oxygens (including phenoxy) is 1. The lowest BCUT2D eigenvalue weighted by atomic mass is 10.2. The Kier molecular flexibility index (Phi) is 8.68. The van der Waals surface area contributed by atoms with E-state index in [1.54, 1.807) is 24.9 Å². The van der Waals surface area contributed by atoms with Gasteiger partial charge in [-0.05, 0) is 36.1 Å². The minimum atomic E-state index is -0.103. The summed E-state index contributed by atoms with van der Waals surface area (Å²) in [6.07, 6.45) is 2.07. The van der Waals surface area contributed by atoms with Gasteiger partial charge in [0.2, 0.25) is 5.91 Å². The van der Waals surface area contributed by atoms with Gasteiger partial charge in [0.05, 0.1) is 6.54 Å². The Hall–Kier alpha value is -2.67. The average molecular weight is 401 g/mol. The zero-order valence-electron chi connectivity index (χ0n) is 16.9. The number of carbonyl (C=O) groups is 1. The molecule has 0 bridgehead atoms. The molecule has 0 saturated heterocycles. The van der Waals surface area contributed by atoms with Crippen molar-refractivity contribution in [3.05, 3.63) is 54.1 Å². The molecule has 0 aliphatic rings. The molecule has 0 unspecified atom stereocenters. The van der Waals surface area contributed by atoms with Crippen LogP contribution in [-0.4, -0.2) is 50.3 Å². The number of aliphatic imine (C=N–C) groups is 1. The summed E-state index contributed by atoms with van der Waals surface area (Å²) >= 11 is 1.74. The van der Waals surface area contributed by atoms with Crippen LogP contribution in [0, 0.1) is 0 Å². The van der Waals surface area contributed by atoms with Gasteiger partial charge in [-0.1, -0.05) is 18.2 Å². The largest absolute Gasteiger partial charge is 0.492 e. The maximum atomic E-state index is 11.1. The maximum Gasteiger partial charge on any atom is 0.221 e. The fraction of sp³-hybridized carbons (Fsp3) is 0.333. The summed E-state index contributed by atoms with van der Waals surface area (Å²) in [5, 5.41) is 6.05. The van der Waals surface area contributed by atoms with E-state index in [4.69, 9.17) is 4.74 Å². The molecular weight excluding hydrogens is 372 g/mol. The summed E-state index contributed by atoms with van der Waals surface area (Å²) < 4.78 is 5.76. The minimum absolute atomic E-state index is 0.103. The second kappa shape index (κ2) is 11.2. The van der Waals surface area contributed by atoms with Crippen molar-refractivity contribution >= 4 is 29.3 Å². The molecule has 6 nitrogen and oxygen atoms in total. The maximum absolute atomic E-state index is 11.1. The van der Waals surface area contributed by atoms with Crippen LogP contribution < -0.4 is 15.4 Å². The molecule has 28 heavy (non-hydrogen) atoms. The summed E-state index contributed by atoms with van der Waals surface area (Å²) in [5.41, 5.74) is 1.95. The van der Waals surface area contributed by atoms with Crippen LogP contribution in [0.4, 0.5) is 5.69 Å². The number of thioether (sulfide) groups is 1. The highest BCUT2D eigenvalue weighted by Crippen LogP contribution is 2.17. The molecule has 1 amide bonds. The van der Waals surface area contributed by atoms with Crippen molar-refractivity contribution in [3.63, 3.8) is 0 Å². The monoisotopic (exact) mass is 400 g/mol. The lowest BCUT2D eigenvalue weighted by Gasteiger charge is -2.22. The van der Waals surface area contributed by atoms with Crippen molar-refractivity contribution < 1.29 is 9.53 Å². The van der Waals surface area contributed by atoms with Crippen molar-refractivity contribution in [2.75, 3.05) is 38.8 Å². The van der Waals surface area contributed by atoms with E-state index in [1.807, 2.05) is 25.2 Å². The van der Waals surface area contributed by atoms with Gasteiger partial charge in [-0.3, -0.25) is 9.79 Å². The average Bonchev–Trinajstić information content (AvgIpc) is 2.68. The first-order valence-corrected chi connectivity index (χ1v) is 10.3. The van der Waals surface area contributed by atoms with E-state index < -0.39 is 0 Å². The van der Waals surface area contributed by atoms with Crippen LogP contribution in [-0.2, 0) is 11.3 Å². The normalized spacial score (nSPS) is 11.1. The lowest BCUT2D eigenvalue weighted by Crippen LogP contribution is -2.40. The fourth-order valence-electron chi connectivity index (χ4n) is 2.66. The fourth-order valence-corrected chi connectivity index (χ4v) is 3.07. The number of nitrogens with one attached hydrogen (secondary N) is 2. The Morgan fingerprint density at radius 1 is 1.21 bits per heavy atom. The van der Waals surface area contributed by atoms with Crippen LogP contribution in [0.1, 0.15) is 12.5 Å². The number of benzene rings is 2. The number of guanidine groups is 1. The van der Waals surface area contributed by atoms with Crippen LogP contribution in [0.5, 0.6) is 5.75 Å². The van der Waals surface area contributed by atoms with Crippen LogP contribution >= 0.6 is 11.8 Å². The Bertz CT molecular complexity index is 793. The first kappa shape index (κ1) is 21.6. The SMILES string of the molecule is CN=C(NCCOc1cccc(NC(C)=O)c1)N(C)Cc1ccc(SC)cc1. The van der Waals surface area contributed by atoms with E-state index in [-0.39, 0.29) is 5.91 Å². The van der Waals surface area contributed by atoms with Gasteiger partial charge in [0.1, 0.15) is 12.4 Å². The number of hydrogen-bond acceptors (Lipinski definition) is 4. The van der Waals surface area contributed by atoms with Gasteiger partial charge in [0.25, 0.3) is 0 Å². The number of rotatable bonds is 8. The van der Waals surface area contributed by atoms with E-state index in [1.165, 1.54) is 17.4 Å². The van der Waals surface area contributed by atoms with Crippen LogP contribution in [0.3, 0.4) is 0 Å². The smallest absolute Gasteiger partial charge is 0.221 e. The molecule has 2 aromatic carbocycles. The standard InChI is InChI=1S/C21H28N4O2S/c1-16(26)24-18-6-5-7-19(14-18)27-13-12-23-21(22-2)25(3)15-17-8-10-20(28-4)11-9-17/h5-11,14H,12-13,15H2,1-4H3,(H,22,23)(H,24,26).